The highest BCUT2D eigenvalue weighted by Crippen LogP contribution is 2.55. The van der Waals surface area contributed by atoms with Gasteiger partial charge < -0.3 is 10.1 Å². The fourth-order valence-corrected chi connectivity index (χ4v) is 7.47. The zero-order valence-electron chi connectivity index (χ0n) is 17.6. The van der Waals surface area contributed by atoms with Crippen LogP contribution in [0.25, 0.3) is 0 Å². The molecule has 4 bridgehead atoms. The van der Waals surface area contributed by atoms with E-state index >= 15 is 0 Å². The summed E-state index contributed by atoms with van der Waals surface area (Å²) in [4.78, 5) is 13.2. The Morgan fingerprint density at radius 2 is 1.66 bits per heavy atom. The summed E-state index contributed by atoms with van der Waals surface area (Å²) in [6, 6.07) is 6.05. The van der Waals surface area contributed by atoms with Crippen LogP contribution in [0.1, 0.15) is 52.4 Å². The van der Waals surface area contributed by atoms with Gasteiger partial charge in [-0.2, -0.15) is 0 Å². The molecule has 0 aromatic heterocycles. The van der Waals surface area contributed by atoms with Crippen LogP contribution in [0.5, 0.6) is 5.75 Å². The second-order valence-corrected chi connectivity index (χ2v) is 11.2. The van der Waals surface area contributed by atoms with Crippen LogP contribution >= 0.6 is 0 Å². The number of benzene rings is 1. The minimum atomic E-state index is -3.62. The molecule has 1 amide bonds. The summed E-state index contributed by atoms with van der Waals surface area (Å²) in [6.45, 7) is 4.11. The predicted octanol–water partition coefficient (Wildman–Crippen LogP) is 3.32. The number of nitrogens with zero attached hydrogens (tertiary/aromatic N) is 1. The van der Waals surface area contributed by atoms with Gasteiger partial charge in [-0.25, -0.2) is 8.42 Å². The average Bonchev–Trinajstić information content (AvgIpc) is 2.61. The third kappa shape index (κ3) is 4.11. The Hall–Kier alpha value is -1.76. The Bertz CT molecular complexity index is 830. The van der Waals surface area contributed by atoms with Crippen LogP contribution in [-0.2, 0) is 14.8 Å². The molecule has 7 heteroatoms. The molecular weight excluding hydrogens is 388 g/mol. The van der Waals surface area contributed by atoms with E-state index in [9.17, 15) is 13.2 Å². The molecule has 4 fully saturated rings. The Labute approximate surface area is 174 Å². The molecule has 0 spiro atoms. The van der Waals surface area contributed by atoms with Crippen LogP contribution in [0.3, 0.4) is 0 Å². The molecule has 1 aromatic carbocycles. The number of carbonyl (C=O) groups excluding carboxylic acids is 1. The molecule has 0 aliphatic heterocycles. The number of hydrogen-bond donors (Lipinski definition) is 1. The van der Waals surface area contributed by atoms with E-state index in [1.54, 1.807) is 31.2 Å². The summed E-state index contributed by atoms with van der Waals surface area (Å²) in [5, 5.41) is 3.31. The first-order valence-corrected chi connectivity index (χ1v) is 12.6. The summed E-state index contributed by atoms with van der Waals surface area (Å²) in [5.74, 6) is 2.62. The van der Waals surface area contributed by atoms with Gasteiger partial charge >= 0.3 is 0 Å². The van der Waals surface area contributed by atoms with Gasteiger partial charge in [0, 0.05) is 5.54 Å². The van der Waals surface area contributed by atoms with E-state index in [4.69, 9.17) is 4.74 Å². The number of rotatable bonds is 7. The first-order chi connectivity index (χ1) is 13.7. The lowest BCUT2D eigenvalue weighted by Crippen LogP contribution is -2.62. The van der Waals surface area contributed by atoms with Gasteiger partial charge in [0.2, 0.25) is 15.9 Å². The molecule has 0 heterocycles. The van der Waals surface area contributed by atoms with E-state index in [1.165, 1.54) is 23.6 Å². The van der Waals surface area contributed by atoms with Crippen molar-refractivity contribution in [1.29, 1.82) is 0 Å². The van der Waals surface area contributed by atoms with Crippen molar-refractivity contribution in [3.63, 3.8) is 0 Å². The fourth-order valence-electron chi connectivity index (χ4n) is 6.29. The van der Waals surface area contributed by atoms with Crippen molar-refractivity contribution in [3.8, 4) is 5.75 Å². The topological polar surface area (TPSA) is 75.7 Å². The van der Waals surface area contributed by atoms with Crippen LogP contribution < -0.4 is 14.4 Å². The quantitative estimate of drug-likeness (QED) is 0.734. The first kappa shape index (κ1) is 20.5. The highest BCUT2D eigenvalue weighted by molar-refractivity contribution is 7.92. The molecule has 4 aliphatic rings. The molecule has 1 atom stereocenters. The van der Waals surface area contributed by atoms with Gasteiger partial charge in [-0.3, -0.25) is 9.10 Å². The molecule has 4 aliphatic carbocycles. The number of anilines is 1. The average molecular weight is 421 g/mol. The number of nitrogens with one attached hydrogen (secondary N) is 1. The number of amides is 1. The number of carbonyl (C=O) groups is 1. The van der Waals surface area contributed by atoms with Gasteiger partial charge in [0.1, 0.15) is 11.8 Å². The van der Waals surface area contributed by atoms with E-state index in [-0.39, 0.29) is 11.4 Å². The number of ether oxygens (including phenoxy) is 1. The SMILES string of the molecule is CCOc1ccc(N([C@H](C)C(=O)NC23CC4CC(CC(C4)C2)C3)S(C)(=O)=O)cc1. The molecule has 1 N–H and O–H groups in total. The normalized spacial score (nSPS) is 31.3. The summed E-state index contributed by atoms with van der Waals surface area (Å²) < 4.78 is 31.8. The smallest absolute Gasteiger partial charge is 0.244 e. The van der Waals surface area contributed by atoms with Gasteiger partial charge in [0.25, 0.3) is 0 Å². The third-order valence-corrected chi connectivity index (χ3v) is 8.16. The standard InChI is InChI=1S/C22H32N2O4S/c1-4-28-20-7-5-19(6-8-20)24(29(3,26)27)15(2)21(25)23-22-12-16-9-17(13-22)11-18(10-16)14-22/h5-8,15-18H,4,9-14H2,1-3H3,(H,23,25)/t15-,16?,17?,18?,22?/m1/s1. The van der Waals surface area contributed by atoms with E-state index in [1.807, 2.05) is 6.92 Å². The van der Waals surface area contributed by atoms with Gasteiger partial charge in [0.05, 0.1) is 18.6 Å². The second-order valence-electron chi connectivity index (χ2n) is 9.35. The van der Waals surface area contributed by atoms with Crippen molar-refractivity contribution in [2.24, 2.45) is 17.8 Å². The zero-order chi connectivity index (χ0) is 20.8. The Kier molecular flexibility index (Phi) is 5.30. The molecule has 5 rings (SSSR count). The summed E-state index contributed by atoms with van der Waals surface area (Å²) in [7, 11) is -3.62. The van der Waals surface area contributed by atoms with Crippen molar-refractivity contribution in [2.75, 3.05) is 17.2 Å². The summed E-state index contributed by atoms with van der Waals surface area (Å²) in [5.41, 5.74) is 0.339. The monoisotopic (exact) mass is 420 g/mol. The number of sulfonamides is 1. The minimum absolute atomic E-state index is 0.137. The van der Waals surface area contributed by atoms with Crippen molar-refractivity contribution in [2.45, 2.75) is 64.0 Å². The lowest BCUT2D eigenvalue weighted by atomic mass is 9.53. The highest BCUT2D eigenvalue weighted by atomic mass is 32.2. The molecule has 4 saturated carbocycles. The van der Waals surface area contributed by atoms with E-state index < -0.39 is 16.1 Å². The van der Waals surface area contributed by atoms with E-state index in [0.29, 0.717) is 35.8 Å². The Morgan fingerprint density at radius 1 is 1.14 bits per heavy atom. The minimum Gasteiger partial charge on any atom is -0.494 e. The molecule has 29 heavy (non-hydrogen) atoms. The van der Waals surface area contributed by atoms with Gasteiger partial charge in [-0.15, -0.1) is 0 Å². The molecule has 160 valence electrons. The fraction of sp³-hybridized carbons (Fsp3) is 0.682. The van der Waals surface area contributed by atoms with Crippen molar-refractivity contribution in [1.82, 2.24) is 5.32 Å². The van der Waals surface area contributed by atoms with Crippen LogP contribution in [-0.4, -0.2) is 38.8 Å². The lowest BCUT2D eigenvalue weighted by Gasteiger charge is -2.57. The second kappa shape index (κ2) is 7.49. The van der Waals surface area contributed by atoms with Gasteiger partial charge in [-0.05, 0) is 94.4 Å². The summed E-state index contributed by atoms with van der Waals surface area (Å²) >= 11 is 0. The molecular formula is C22H32N2O4S. The highest BCUT2D eigenvalue weighted by Gasteiger charge is 2.52. The number of hydrogen-bond acceptors (Lipinski definition) is 4. The largest absolute Gasteiger partial charge is 0.494 e. The first-order valence-electron chi connectivity index (χ1n) is 10.7. The third-order valence-electron chi connectivity index (χ3n) is 6.92. The van der Waals surface area contributed by atoms with Gasteiger partial charge in [0.15, 0.2) is 0 Å². The zero-order valence-corrected chi connectivity index (χ0v) is 18.4. The maximum atomic E-state index is 13.2. The maximum absolute atomic E-state index is 13.2. The van der Waals surface area contributed by atoms with Crippen molar-refractivity contribution >= 4 is 21.6 Å². The van der Waals surface area contributed by atoms with Gasteiger partial charge in [-0.1, -0.05) is 0 Å². The van der Waals surface area contributed by atoms with E-state index in [2.05, 4.69) is 5.32 Å². The molecule has 0 unspecified atom stereocenters. The van der Waals surface area contributed by atoms with E-state index in [0.717, 1.165) is 25.5 Å². The maximum Gasteiger partial charge on any atom is 0.244 e. The van der Waals surface area contributed by atoms with Crippen LogP contribution in [0, 0.1) is 17.8 Å². The van der Waals surface area contributed by atoms with Crippen LogP contribution in [0.4, 0.5) is 5.69 Å². The van der Waals surface area contributed by atoms with Crippen LogP contribution in [0.15, 0.2) is 24.3 Å². The Morgan fingerprint density at radius 3 is 2.10 bits per heavy atom. The van der Waals surface area contributed by atoms with Crippen molar-refractivity contribution < 1.29 is 17.9 Å². The molecule has 1 aromatic rings. The van der Waals surface area contributed by atoms with Crippen LogP contribution in [0.2, 0.25) is 0 Å². The molecule has 0 radical (unpaired) electrons. The Balaban J connectivity index is 1.53. The molecule has 6 nitrogen and oxygen atoms in total. The predicted molar refractivity (Wildman–Crippen MR) is 113 cm³/mol. The van der Waals surface area contributed by atoms with Crippen molar-refractivity contribution in [3.05, 3.63) is 24.3 Å². The lowest BCUT2D eigenvalue weighted by molar-refractivity contribution is -0.127. The summed E-state index contributed by atoms with van der Waals surface area (Å²) in [6.07, 6.45) is 8.17. The molecule has 0 saturated heterocycles.